The van der Waals surface area contributed by atoms with Crippen LogP contribution in [0, 0.1) is 11.3 Å². The van der Waals surface area contributed by atoms with Gasteiger partial charge >= 0.3 is 5.97 Å². The van der Waals surface area contributed by atoms with Crippen molar-refractivity contribution in [1.29, 1.82) is 0 Å². The first kappa shape index (κ1) is 18.3. The van der Waals surface area contributed by atoms with Gasteiger partial charge in [0, 0.05) is 6.42 Å². The monoisotopic (exact) mass is 333 g/mol. The highest BCUT2D eigenvalue weighted by molar-refractivity contribution is 5.85. The van der Waals surface area contributed by atoms with Crippen LogP contribution in [0.4, 0.5) is 0 Å². The van der Waals surface area contributed by atoms with Crippen molar-refractivity contribution in [2.75, 3.05) is 6.61 Å². The van der Waals surface area contributed by atoms with E-state index in [-0.39, 0.29) is 18.4 Å². The zero-order valence-corrected chi connectivity index (χ0v) is 14.7. The maximum Gasteiger partial charge on any atom is 0.310 e. The first-order valence-corrected chi connectivity index (χ1v) is 8.58. The quantitative estimate of drug-likeness (QED) is 0.763. The van der Waals surface area contributed by atoms with Crippen molar-refractivity contribution in [3.8, 4) is 5.75 Å². The second-order valence-corrected chi connectivity index (χ2v) is 7.18. The lowest BCUT2D eigenvalue weighted by molar-refractivity contribution is -0.157. The average molecular weight is 333 g/mol. The smallest absolute Gasteiger partial charge is 0.310 e. The SMILES string of the molecule is CC(C)COc1ccc(C(C)NC(=O)CC2(C(=O)O)CCC2)cc1. The third-order valence-corrected chi connectivity index (χ3v) is 4.60. The molecule has 5 nitrogen and oxygen atoms in total. The van der Waals surface area contributed by atoms with Crippen molar-refractivity contribution < 1.29 is 19.4 Å². The number of carboxylic acids is 1. The Morgan fingerprint density at radius 1 is 1.21 bits per heavy atom. The number of carbonyl (C=O) groups excluding carboxylic acids is 1. The Kier molecular flexibility index (Phi) is 5.86. The number of ether oxygens (including phenoxy) is 1. The molecule has 1 aromatic rings. The van der Waals surface area contributed by atoms with Gasteiger partial charge in [0.25, 0.3) is 0 Å². The Bertz CT molecular complexity index is 576. The number of hydrogen-bond acceptors (Lipinski definition) is 3. The molecule has 1 aliphatic rings. The van der Waals surface area contributed by atoms with Gasteiger partial charge in [-0.25, -0.2) is 0 Å². The molecule has 0 radical (unpaired) electrons. The fourth-order valence-corrected chi connectivity index (χ4v) is 2.87. The predicted octanol–water partition coefficient (Wildman–Crippen LogP) is 3.54. The number of hydrogen-bond donors (Lipinski definition) is 2. The van der Waals surface area contributed by atoms with Gasteiger partial charge in [-0.15, -0.1) is 0 Å². The second kappa shape index (κ2) is 7.69. The van der Waals surface area contributed by atoms with Gasteiger partial charge in [0.1, 0.15) is 5.75 Å². The second-order valence-electron chi connectivity index (χ2n) is 7.18. The summed E-state index contributed by atoms with van der Waals surface area (Å²) >= 11 is 0. The lowest BCUT2D eigenvalue weighted by Gasteiger charge is -2.37. The summed E-state index contributed by atoms with van der Waals surface area (Å²) in [5.74, 6) is 0.217. The maximum absolute atomic E-state index is 12.2. The van der Waals surface area contributed by atoms with E-state index in [1.807, 2.05) is 31.2 Å². The molecule has 1 amide bonds. The topological polar surface area (TPSA) is 75.6 Å². The van der Waals surface area contributed by atoms with Crippen LogP contribution in [0.3, 0.4) is 0 Å². The van der Waals surface area contributed by atoms with Crippen LogP contribution in [0.25, 0.3) is 0 Å². The summed E-state index contributed by atoms with van der Waals surface area (Å²) in [4.78, 5) is 23.5. The molecule has 1 aliphatic carbocycles. The summed E-state index contributed by atoms with van der Waals surface area (Å²) in [6, 6.07) is 7.48. The van der Waals surface area contributed by atoms with E-state index in [9.17, 15) is 14.7 Å². The first-order chi connectivity index (χ1) is 11.3. The fraction of sp³-hybridized carbons (Fsp3) is 0.579. The Morgan fingerprint density at radius 3 is 2.29 bits per heavy atom. The van der Waals surface area contributed by atoms with Crippen LogP contribution in [-0.4, -0.2) is 23.6 Å². The molecule has 0 heterocycles. The summed E-state index contributed by atoms with van der Waals surface area (Å²) in [7, 11) is 0. The number of carboxylic acid groups (broad SMARTS) is 1. The van der Waals surface area contributed by atoms with E-state index in [1.165, 1.54) is 0 Å². The molecule has 1 fully saturated rings. The number of aliphatic carboxylic acids is 1. The van der Waals surface area contributed by atoms with Crippen molar-refractivity contribution >= 4 is 11.9 Å². The van der Waals surface area contributed by atoms with Gasteiger partial charge < -0.3 is 15.2 Å². The molecule has 5 heteroatoms. The Labute approximate surface area is 143 Å². The van der Waals surface area contributed by atoms with Crippen molar-refractivity contribution in [3.05, 3.63) is 29.8 Å². The van der Waals surface area contributed by atoms with E-state index in [4.69, 9.17) is 4.74 Å². The lowest BCUT2D eigenvalue weighted by atomic mass is 9.66. The van der Waals surface area contributed by atoms with Crippen molar-refractivity contribution in [1.82, 2.24) is 5.32 Å². The summed E-state index contributed by atoms with van der Waals surface area (Å²) in [5, 5.41) is 12.2. The van der Waals surface area contributed by atoms with Crippen LogP contribution < -0.4 is 10.1 Å². The summed E-state index contributed by atoms with van der Waals surface area (Å²) < 4.78 is 5.65. The minimum absolute atomic E-state index is 0.0578. The number of amides is 1. The molecule has 0 aromatic heterocycles. The molecule has 0 spiro atoms. The van der Waals surface area contributed by atoms with Crippen molar-refractivity contribution in [3.63, 3.8) is 0 Å². The molecule has 1 aromatic carbocycles. The summed E-state index contributed by atoms with van der Waals surface area (Å²) in [5.41, 5.74) is 0.122. The van der Waals surface area contributed by atoms with Crippen LogP contribution >= 0.6 is 0 Å². The van der Waals surface area contributed by atoms with Crippen LogP contribution in [-0.2, 0) is 9.59 Å². The Morgan fingerprint density at radius 2 is 1.83 bits per heavy atom. The summed E-state index contributed by atoms with van der Waals surface area (Å²) in [6.07, 6.45) is 2.12. The van der Waals surface area contributed by atoms with E-state index in [0.717, 1.165) is 17.7 Å². The molecule has 0 aliphatic heterocycles. The minimum Gasteiger partial charge on any atom is -0.493 e. The van der Waals surface area contributed by atoms with Crippen LogP contribution in [0.5, 0.6) is 5.75 Å². The molecule has 24 heavy (non-hydrogen) atoms. The molecule has 0 bridgehead atoms. The molecule has 132 valence electrons. The van der Waals surface area contributed by atoms with Crippen LogP contribution in [0.1, 0.15) is 58.1 Å². The Hall–Kier alpha value is -2.04. The Balaban J connectivity index is 1.88. The number of carbonyl (C=O) groups is 2. The average Bonchev–Trinajstić information content (AvgIpc) is 2.48. The maximum atomic E-state index is 12.2. The fourth-order valence-electron chi connectivity index (χ4n) is 2.87. The van der Waals surface area contributed by atoms with Crippen LogP contribution in [0.2, 0.25) is 0 Å². The van der Waals surface area contributed by atoms with Gasteiger partial charge in [-0.2, -0.15) is 0 Å². The zero-order chi connectivity index (χ0) is 17.7. The molecule has 1 atom stereocenters. The molecule has 2 rings (SSSR count). The minimum atomic E-state index is -0.858. The van der Waals surface area contributed by atoms with Crippen molar-refractivity contribution in [2.24, 2.45) is 11.3 Å². The highest BCUT2D eigenvalue weighted by Crippen LogP contribution is 2.44. The van der Waals surface area contributed by atoms with Crippen LogP contribution in [0.15, 0.2) is 24.3 Å². The first-order valence-electron chi connectivity index (χ1n) is 8.58. The summed E-state index contributed by atoms with van der Waals surface area (Å²) in [6.45, 7) is 6.76. The zero-order valence-electron chi connectivity index (χ0n) is 14.7. The number of nitrogens with one attached hydrogen (secondary N) is 1. The van der Waals surface area contributed by atoms with Gasteiger partial charge in [0.05, 0.1) is 18.1 Å². The molecular formula is C19H27NO4. The van der Waals surface area contributed by atoms with Gasteiger partial charge in [0.15, 0.2) is 0 Å². The van der Waals surface area contributed by atoms with E-state index >= 15 is 0 Å². The van der Waals surface area contributed by atoms with E-state index < -0.39 is 11.4 Å². The third-order valence-electron chi connectivity index (χ3n) is 4.60. The molecule has 0 saturated heterocycles. The van der Waals surface area contributed by atoms with Gasteiger partial charge in [0.2, 0.25) is 5.91 Å². The number of rotatable bonds is 8. The number of benzene rings is 1. The lowest BCUT2D eigenvalue weighted by Crippen LogP contribution is -2.43. The molecule has 1 saturated carbocycles. The molecule has 2 N–H and O–H groups in total. The normalized spacial score (nSPS) is 17.0. The standard InChI is InChI=1S/C19H27NO4/c1-13(2)12-24-16-7-5-15(6-8-16)14(3)20-17(21)11-19(18(22)23)9-4-10-19/h5-8,13-14H,4,9-12H2,1-3H3,(H,20,21)(H,22,23). The van der Waals surface area contributed by atoms with Crippen molar-refractivity contribution in [2.45, 2.75) is 52.5 Å². The largest absolute Gasteiger partial charge is 0.493 e. The third kappa shape index (κ3) is 4.49. The highest BCUT2D eigenvalue weighted by Gasteiger charge is 2.45. The van der Waals surface area contributed by atoms with E-state index in [2.05, 4.69) is 19.2 Å². The van der Waals surface area contributed by atoms with Gasteiger partial charge in [-0.1, -0.05) is 32.4 Å². The van der Waals surface area contributed by atoms with Gasteiger partial charge in [-0.05, 0) is 43.4 Å². The van der Waals surface area contributed by atoms with E-state index in [0.29, 0.717) is 25.4 Å². The van der Waals surface area contributed by atoms with Gasteiger partial charge in [-0.3, -0.25) is 9.59 Å². The highest BCUT2D eigenvalue weighted by atomic mass is 16.5. The molecule has 1 unspecified atom stereocenters. The van der Waals surface area contributed by atoms with E-state index in [1.54, 1.807) is 0 Å². The predicted molar refractivity (Wildman–Crippen MR) is 91.9 cm³/mol. The molecular weight excluding hydrogens is 306 g/mol.